The number of benzene rings is 2. The molecular weight excluding hydrogens is 438 g/mol. The van der Waals surface area contributed by atoms with Crippen LogP contribution in [0.15, 0.2) is 67.0 Å². The van der Waals surface area contributed by atoms with Crippen LogP contribution in [0.4, 0.5) is 5.82 Å². The number of nitrogens with zero attached hydrogens (tertiary/aromatic N) is 4. The Morgan fingerprint density at radius 3 is 2.63 bits per heavy atom. The van der Waals surface area contributed by atoms with Crippen LogP contribution in [0.25, 0.3) is 16.8 Å². The van der Waals surface area contributed by atoms with Crippen molar-refractivity contribution < 1.29 is 9.53 Å². The molecule has 2 aromatic heterocycles. The molecule has 35 heavy (non-hydrogen) atoms. The van der Waals surface area contributed by atoms with Gasteiger partial charge in [0.1, 0.15) is 34.4 Å². The molecule has 2 fully saturated rings. The maximum absolute atomic E-state index is 13.0. The third-order valence-corrected chi connectivity index (χ3v) is 7.03. The number of imidazole rings is 1. The maximum Gasteiger partial charge on any atom is 0.299 e. The lowest BCUT2D eigenvalue weighted by Gasteiger charge is -2.33. The van der Waals surface area contributed by atoms with E-state index in [1.807, 2.05) is 70.1 Å². The molecule has 2 bridgehead atoms. The minimum absolute atomic E-state index is 0.132. The van der Waals surface area contributed by atoms with Crippen LogP contribution in [0.5, 0.6) is 11.5 Å². The number of hydrogen-bond donors (Lipinski definition) is 1. The molecule has 6 rings (SSSR count). The molecule has 2 aliphatic rings. The van der Waals surface area contributed by atoms with Crippen molar-refractivity contribution in [1.82, 2.24) is 19.3 Å². The van der Waals surface area contributed by atoms with E-state index in [1.54, 1.807) is 13.1 Å². The standard InChI is InChI=1S/C28H25N5O2/c1-2-6-23(34)33-20-12-9-19(17-20)25(33)28-31-24(26-27(29)30-15-16-32(26)28)18-10-13-22(14-11-18)35-21-7-4-3-5-8-21/h3-5,7-8,10-11,13-16,19-20,25H,9,12,17H2,1H3,(H2,29,30)/t19-,20?,25?/m0/s1. The number of fused-ring (bicyclic) bond motifs is 3. The van der Waals surface area contributed by atoms with Crippen molar-refractivity contribution >= 4 is 17.2 Å². The fourth-order valence-corrected chi connectivity index (χ4v) is 5.59. The summed E-state index contributed by atoms with van der Waals surface area (Å²) in [6, 6.07) is 17.5. The molecule has 4 aromatic rings. The average molecular weight is 464 g/mol. The molecule has 0 spiro atoms. The molecule has 1 saturated heterocycles. The van der Waals surface area contributed by atoms with Gasteiger partial charge >= 0.3 is 0 Å². The van der Waals surface area contributed by atoms with Crippen LogP contribution < -0.4 is 10.5 Å². The summed E-state index contributed by atoms with van der Waals surface area (Å²) < 4.78 is 7.94. The quantitative estimate of drug-likeness (QED) is 0.438. The number of carbonyl (C=O) groups excluding carboxylic acids is 1. The predicted octanol–water partition coefficient (Wildman–Crippen LogP) is 4.85. The van der Waals surface area contributed by atoms with Crippen molar-refractivity contribution in [3.05, 3.63) is 72.8 Å². The van der Waals surface area contributed by atoms with E-state index in [9.17, 15) is 4.79 Å². The van der Waals surface area contributed by atoms with Gasteiger partial charge in [0, 0.05) is 24.0 Å². The zero-order valence-corrected chi connectivity index (χ0v) is 19.4. The van der Waals surface area contributed by atoms with E-state index >= 15 is 0 Å². The highest BCUT2D eigenvalue weighted by molar-refractivity contribution is 5.94. The lowest BCUT2D eigenvalue weighted by atomic mass is 9.98. The summed E-state index contributed by atoms with van der Waals surface area (Å²) in [7, 11) is 0. The average Bonchev–Trinajstić information content (AvgIpc) is 3.59. The lowest BCUT2D eigenvalue weighted by molar-refractivity contribution is -0.129. The van der Waals surface area contributed by atoms with Crippen molar-refractivity contribution in [3.63, 3.8) is 0 Å². The van der Waals surface area contributed by atoms with Gasteiger partial charge in [-0.3, -0.25) is 9.20 Å². The summed E-state index contributed by atoms with van der Waals surface area (Å²) in [6.45, 7) is 1.70. The number of hydrogen-bond acceptors (Lipinski definition) is 5. The number of rotatable bonds is 4. The summed E-state index contributed by atoms with van der Waals surface area (Å²) in [5.74, 6) is 8.46. The van der Waals surface area contributed by atoms with Crippen molar-refractivity contribution in [2.24, 2.45) is 5.92 Å². The minimum Gasteiger partial charge on any atom is -0.457 e. The largest absolute Gasteiger partial charge is 0.457 e. The molecule has 3 atom stereocenters. The van der Waals surface area contributed by atoms with Gasteiger partial charge in [0.05, 0.1) is 6.04 Å². The Morgan fingerprint density at radius 1 is 1.09 bits per heavy atom. The number of nitrogens with two attached hydrogens (primary N) is 1. The fourth-order valence-electron chi connectivity index (χ4n) is 5.59. The molecule has 7 nitrogen and oxygen atoms in total. The molecule has 7 heteroatoms. The first-order valence-electron chi connectivity index (χ1n) is 11.8. The van der Waals surface area contributed by atoms with E-state index in [4.69, 9.17) is 15.5 Å². The van der Waals surface area contributed by atoms with Gasteiger partial charge in [-0.15, -0.1) is 0 Å². The van der Waals surface area contributed by atoms with Crippen molar-refractivity contribution in [2.75, 3.05) is 5.73 Å². The lowest BCUT2D eigenvalue weighted by Crippen LogP contribution is -2.40. The van der Waals surface area contributed by atoms with Gasteiger partial charge in [0.15, 0.2) is 0 Å². The molecular formula is C28H25N5O2. The molecule has 1 aliphatic carbocycles. The zero-order chi connectivity index (χ0) is 23.9. The number of anilines is 1. The highest BCUT2D eigenvalue weighted by Gasteiger charge is 2.50. The summed E-state index contributed by atoms with van der Waals surface area (Å²) in [5.41, 5.74) is 8.75. The Labute approximate surface area is 203 Å². The summed E-state index contributed by atoms with van der Waals surface area (Å²) in [6.07, 6.45) is 6.64. The monoisotopic (exact) mass is 463 g/mol. The van der Waals surface area contributed by atoms with Crippen LogP contribution >= 0.6 is 0 Å². The second-order valence-electron chi connectivity index (χ2n) is 9.05. The maximum atomic E-state index is 13.0. The van der Waals surface area contributed by atoms with Crippen molar-refractivity contribution in [3.8, 4) is 34.6 Å². The minimum atomic E-state index is -0.133. The number of piperidine rings is 1. The van der Waals surface area contributed by atoms with E-state index in [0.29, 0.717) is 11.7 Å². The topological polar surface area (TPSA) is 85.8 Å². The van der Waals surface area contributed by atoms with Crippen molar-refractivity contribution in [1.29, 1.82) is 0 Å². The van der Waals surface area contributed by atoms with Crippen LogP contribution in [-0.4, -0.2) is 31.2 Å². The highest BCUT2D eigenvalue weighted by Crippen LogP contribution is 2.50. The second kappa shape index (κ2) is 8.48. The molecule has 1 aliphatic heterocycles. The molecule has 2 aromatic carbocycles. The number of aromatic nitrogens is 3. The summed E-state index contributed by atoms with van der Waals surface area (Å²) >= 11 is 0. The van der Waals surface area contributed by atoms with Gasteiger partial charge in [0.2, 0.25) is 0 Å². The summed E-state index contributed by atoms with van der Waals surface area (Å²) in [5, 5.41) is 0. The number of ether oxygens (including phenoxy) is 1. The van der Waals surface area contributed by atoms with Gasteiger partial charge in [0.25, 0.3) is 5.91 Å². The van der Waals surface area contributed by atoms with E-state index < -0.39 is 0 Å². The molecule has 0 radical (unpaired) electrons. The van der Waals surface area contributed by atoms with Gasteiger partial charge in [-0.25, -0.2) is 9.97 Å². The number of carbonyl (C=O) groups is 1. The number of para-hydroxylation sites is 1. The van der Waals surface area contributed by atoms with Gasteiger partial charge < -0.3 is 15.4 Å². The number of nitrogen functional groups attached to an aromatic ring is 1. The van der Waals surface area contributed by atoms with Crippen LogP contribution in [-0.2, 0) is 4.79 Å². The Hall–Kier alpha value is -4.31. The molecule has 2 unspecified atom stereocenters. The van der Waals surface area contributed by atoms with Crippen LogP contribution in [0.1, 0.15) is 38.1 Å². The van der Waals surface area contributed by atoms with Crippen molar-refractivity contribution in [2.45, 2.75) is 38.3 Å². The third kappa shape index (κ3) is 3.58. The second-order valence-corrected chi connectivity index (χ2v) is 9.05. The first kappa shape index (κ1) is 21.2. The zero-order valence-electron chi connectivity index (χ0n) is 19.4. The SMILES string of the molecule is CC#CC(=O)N1C2CC[C@@H](C2)C1c1nc(-c2ccc(Oc3ccccc3)cc2)c2c(N)nccn12. The van der Waals surface area contributed by atoms with E-state index in [0.717, 1.165) is 53.4 Å². The van der Waals surface area contributed by atoms with E-state index in [1.165, 1.54) is 0 Å². The van der Waals surface area contributed by atoms with Gasteiger partial charge in [-0.2, -0.15) is 0 Å². The Balaban J connectivity index is 1.42. The summed E-state index contributed by atoms with van der Waals surface area (Å²) in [4.78, 5) is 24.3. The van der Waals surface area contributed by atoms with Gasteiger partial charge in [-0.05, 0) is 74.4 Å². The number of amides is 1. The van der Waals surface area contributed by atoms with Gasteiger partial charge in [-0.1, -0.05) is 24.1 Å². The van der Waals surface area contributed by atoms with E-state index in [-0.39, 0.29) is 18.0 Å². The molecule has 2 N–H and O–H groups in total. The first-order chi connectivity index (χ1) is 17.1. The molecule has 174 valence electrons. The van der Waals surface area contributed by atoms with E-state index in [2.05, 4.69) is 16.8 Å². The normalized spacial score (nSPS) is 20.6. The Kier molecular flexibility index (Phi) is 5.14. The highest BCUT2D eigenvalue weighted by atomic mass is 16.5. The molecule has 1 amide bonds. The fraction of sp³-hybridized carbons (Fsp3) is 0.250. The van der Waals surface area contributed by atoms with Crippen LogP contribution in [0.3, 0.4) is 0 Å². The molecule has 1 saturated carbocycles. The number of likely N-dealkylation sites (tertiary alicyclic amines) is 1. The Bertz CT molecular complexity index is 1470. The van der Waals surface area contributed by atoms with Crippen LogP contribution in [0, 0.1) is 17.8 Å². The van der Waals surface area contributed by atoms with Crippen LogP contribution in [0.2, 0.25) is 0 Å². The first-order valence-corrected chi connectivity index (χ1v) is 11.8. The smallest absolute Gasteiger partial charge is 0.299 e. The Morgan fingerprint density at radius 2 is 1.86 bits per heavy atom. The predicted molar refractivity (Wildman–Crippen MR) is 134 cm³/mol. The third-order valence-electron chi connectivity index (χ3n) is 7.03. The molecule has 3 heterocycles.